The Morgan fingerprint density at radius 1 is 1.08 bits per heavy atom. The number of carbonyl (C=O) groups is 2. The third-order valence-corrected chi connectivity index (χ3v) is 4.51. The maximum absolute atomic E-state index is 12.7. The van der Waals surface area contributed by atoms with Gasteiger partial charge in [-0.15, -0.1) is 0 Å². The smallest absolute Gasteiger partial charge is 0.321 e. The molecule has 1 atom stereocenters. The molecule has 3 rings (SSSR count). The van der Waals surface area contributed by atoms with Gasteiger partial charge in [0.15, 0.2) is 6.04 Å². The third kappa shape index (κ3) is 4.15. The molecular formula is C18H23N6O2+. The van der Waals surface area contributed by atoms with Gasteiger partial charge in [0.2, 0.25) is 5.95 Å². The number of rotatable bonds is 4. The van der Waals surface area contributed by atoms with Crippen molar-refractivity contribution in [2.75, 3.05) is 38.1 Å². The van der Waals surface area contributed by atoms with E-state index in [2.05, 4.69) is 25.5 Å². The Morgan fingerprint density at radius 2 is 1.73 bits per heavy atom. The molecule has 0 radical (unpaired) electrons. The second kappa shape index (κ2) is 8.39. The number of anilines is 1. The number of carbonyl (C=O) groups excluding carboxylic acids is 2. The second-order valence-corrected chi connectivity index (χ2v) is 6.11. The van der Waals surface area contributed by atoms with Gasteiger partial charge in [-0.05, 0) is 6.07 Å². The van der Waals surface area contributed by atoms with Gasteiger partial charge < -0.3 is 15.1 Å². The average Bonchev–Trinajstić information content (AvgIpc) is 2.70. The topological polar surface area (TPSA) is 91.7 Å². The zero-order chi connectivity index (χ0) is 18.4. The van der Waals surface area contributed by atoms with E-state index in [1.165, 1.54) is 7.05 Å². The Labute approximate surface area is 152 Å². The van der Waals surface area contributed by atoms with Crippen molar-refractivity contribution in [1.29, 1.82) is 0 Å². The van der Waals surface area contributed by atoms with E-state index in [9.17, 15) is 9.59 Å². The SMILES string of the molecule is CNC(=O)NC(=O)[C@H](c1ccccc1)[NH+]1CCN(c2ncccn2)CC1. The van der Waals surface area contributed by atoms with Gasteiger partial charge in [0.05, 0.1) is 26.2 Å². The standard InChI is InChI=1S/C18H22N6O2/c1-19-18(26)22-16(25)15(14-6-3-2-4-7-14)23-10-12-24(13-11-23)17-20-8-5-9-21-17/h2-9,15H,10-13H2,1H3,(H2,19,22,25,26)/p+1/t15-/m0/s1. The third-order valence-electron chi connectivity index (χ3n) is 4.51. The molecular weight excluding hydrogens is 332 g/mol. The molecule has 1 aromatic carbocycles. The van der Waals surface area contributed by atoms with E-state index in [-0.39, 0.29) is 5.91 Å². The Bertz CT molecular complexity index is 732. The van der Waals surface area contributed by atoms with Crippen molar-refractivity contribution < 1.29 is 14.5 Å². The number of aromatic nitrogens is 2. The fraction of sp³-hybridized carbons (Fsp3) is 0.333. The van der Waals surface area contributed by atoms with Crippen LogP contribution in [0.5, 0.6) is 0 Å². The highest BCUT2D eigenvalue weighted by Crippen LogP contribution is 2.11. The number of benzene rings is 1. The van der Waals surface area contributed by atoms with Crippen LogP contribution in [0, 0.1) is 0 Å². The van der Waals surface area contributed by atoms with Crippen LogP contribution in [0.3, 0.4) is 0 Å². The molecule has 3 N–H and O–H groups in total. The summed E-state index contributed by atoms with van der Waals surface area (Å²) in [6.45, 7) is 2.99. The van der Waals surface area contributed by atoms with Crippen LogP contribution < -0.4 is 20.4 Å². The van der Waals surface area contributed by atoms with Crippen molar-refractivity contribution in [2.45, 2.75) is 6.04 Å². The molecule has 8 heteroatoms. The normalized spacial score (nSPS) is 16.0. The largest absolute Gasteiger partial charge is 0.341 e. The van der Waals surface area contributed by atoms with Crippen LogP contribution in [0.2, 0.25) is 0 Å². The van der Waals surface area contributed by atoms with Crippen molar-refractivity contribution in [1.82, 2.24) is 20.6 Å². The van der Waals surface area contributed by atoms with Crippen LogP contribution in [0.15, 0.2) is 48.8 Å². The van der Waals surface area contributed by atoms with Crippen molar-refractivity contribution in [3.8, 4) is 0 Å². The predicted octanol–water partition coefficient (Wildman–Crippen LogP) is -0.622. The monoisotopic (exact) mass is 355 g/mol. The number of nitrogens with zero attached hydrogens (tertiary/aromatic N) is 3. The fourth-order valence-corrected chi connectivity index (χ4v) is 3.20. The lowest BCUT2D eigenvalue weighted by Gasteiger charge is -2.35. The Hall–Kier alpha value is -3.00. The second-order valence-electron chi connectivity index (χ2n) is 6.11. The van der Waals surface area contributed by atoms with Crippen molar-refractivity contribution >= 4 is 17.9 Å². The van der Waals surface area contributed by atoms with Crippen LogP contribution in [-0.4, -0.2) is 55.1 Å². The summed E-state index contributed by atoms with van der Waals surface area (Å²) < 4.78 is 0. The summed E-state index contributed by atoms with van der Waals surface area (Å²) >= 11 is 0. The van der Waals surface area contributed by atoms with Crippen molar-refractivity contribution in [3.63, 3.8) is 0 Å². The van der Waals surface area contributed by atoms with Gasteiger partial charge in [0.1, 0.15) is 0 Å². The minimum absolute atomic E-state index is 0.296. The number of hydrogen-bond acceptors (Lipinski definition) is 5. The Morgan fingerprint density at radius 3 is 2.35 bits per heavy atom. The number of quaternary nitrogens is 1. The summed E-state index contributed by atoms with van der Waals surface area (Å²) in [6, 6.07) is 10.4. The summed E-state index contributed by atoms with van der Waals surface area (Å²) in [5, 5.41) is 4.85. The molecule has 1 fully saturated rings. The fourth-order valence-electron chi connectivity index (χ4n) is 3.20. The number of imide groups is 1. The summed E-state index contributed by atoms with van der Waals surface area (Å²) in [6.07, 6.45) is 3.45. The van der Waals surface area contributed by atoms with Crippen LogP contribution >= 0.6 is 0 Å². The zero-order valence-corrected chi connectivity index (χ0v) is 14.7. The molecule has 2 heterocycles. The van der Waals surface area contributed by atoms with Gasteiger partial charge in [-0.25, -0.2) is 14.8 Å². The van der Waals surface area contributed by atoms with Gasteiger partial charge in [-0.1, -0.05) is 30.3 Å². The number of urea groups is 1. The quantitative estimate of drug-likeness (QED) is 0.680. The minimum Gasteiger partial charge on any atom is -0.341 e. The Balaban J connectivity index is 1.74. The van der Waals surface area contributed by atoms with E-state index in [4.69, 9.17) is 0 Å². The molecule has 0 bridgehead atoms. The lowest BCUT2D eigenvalue weighted by molar-refractivity contribution is -0.922. The van der Waals surface area contributed by atoms with E-state index < -0.39 is 12.1 Å². The number of hydrogen-bond donors (Lipinski definition) is 3. The number of nitrogens with one attached hydrogen (secondary N) is 3. The summed E-state index contributed by atoms with van der Waals surface area (Å²) in [4.78, 5) is 36.1. The molecule has 3 amide bonds. The molecule has 0 spiro atoms. The number of piperazine rings is 1. The minimum atomic E-state index is -0.494. The first-order valence-corrected chi connectivity index (χ1v) is 8.63. The summed E-state index contributed by atoms with van der Waals surface area (Å²) in [5.41, 5.74) is 0.897. The predicted molar refractivity (Wildman–Crippen MR) is 96.7 cm³/mol. The van der Waals surface area contributed by atoms with Gasteiger partial charge >= 0.3 is 6.03 Å². The number of amides is 3. The molecule has 26 heavy (non-hydrogen) atoms. The van der Waals surface area contributed by atoms with Gasteiger partial charge in [0, 0.05) is 25.0 Å². The molecule has 0 unspecified atom stereocenters. The van der Waals surface area contributed by atoms with Crippen molar-refractivity contribution in [2.24, 2.45) is 0 Å². The van der Waals surface area contributed by atoms with Gasteiger partial charge in [-0.2, -0.15) is 0 Å². The molecule has 1 aliphatic rings. The highest BCUT2D eigenvalue weighted by atomic mass is 16.2. The molecule has 8 nitrogen and oxygen atoms in total. The molecule has 0 saturated carbocycles. The lowest BCUT2D eigenvalue weighted by atomic mass is 10.0. The highest BCUT2D eigenvalue weighted by Gasteiger charge is 2.35. The summed E-state index contributed by atoms with van der Waals surface area (Å²) in [7, 11) is 1.49. The highest BCUT2D eigenvalue weighted by molar-refractivity contribution is 5.96. The van der Waals surface area contributed by atoms with Crippen LogP contribution in [-0.2, 0) is 4.79 Å². The first kappa shape index (κ1) is 17.8. The zero-order valence-electron chi connectivity index (χ0n) is 14.7. The molecule has 2 aromatic rings. The van der Waals surface area contributed by atoms with E-state index in [0.717, 1.165) is 36.6 Å². The van der Waals surface area contributed by atoms with E-state index >= 15 is 0 Å². The molecule has 1 aliphatic heterocycles. The van der Waals surface area contributed by atoms with E-state index in [0.29, 0.717) is 5.95 Å². The van der Waals surface area contributed by atoms with E-state index in [1.54, 1.807) is 18.5 Å². The first-order chi connectivity index (χ1) is 12.7. The maximum Gasteiger partial charge on any atom is 0.321 e. The van der Waals surface area contributed by atoms with E-state index in [1.807, 2.05) is 30.3 Å². The van der Waals surface area contributed by atoms with Gasteiger partial charge in [0.25, 0.3) is 5.91 Å². The molecule has 0 aliphatic carbocycles. The first-order valence-electron chi connectivity index (χ1n) is 8.63. The van der Waals surface area contributed by atoms with Crippen LogP contribution in [0.1, 0.15) is 11.6 Å². The van der Waals surface area contributed by atoms with Crippen molar-refractivity contribution in [3.05, 3.63) is 54.4 Å². The maximum atomic E-state index is 12.7. The van der Waals surface area contributed by atoms with Crippen LogP contribution in [0.4, 0.5) is 10.7 Å². The molecule has 1 saturated heterocycles. The van der Waals surface area contributed by atoms with Crippen LogP contribution in [0.25, 0.3) is 0 Å². The lowest BCUT2D eigenvalue weighted by Crippen LogP contribution is -3.16. The average molecular weight is 355 g/mol. The molecule has 1 aromatic heterocycles. The Kier molecular flexibility index (Phi) is 5.75. The molecule has 136 valence electrons. The van der Waals surface area contributed by atoms with Gasteiger partial charge in [-0.3, -0.25) is 10.1 Å². The summed E-state index contributed by atoms with van der Waals surface area (Å²) in [5.74, 6) is 0.410.